The smallest absolute Gasteiger partial charge is 0.341 e. The van der Waals surface area contributed by atoms with Crippen LogP contribution in [0.5, 0.6) is 5.75 Å². The third-order valence-electron chi connectivity index (χ3n) is 6.40. The third-order valence-corrected chi connectivity index (χ3v) is 8.62. The Bertz CT molecular complexity index is 1280. The van der Waals surface area contributed by atoms with E-state index < -0.39 is 0 Å². The Morgan fingerprint density at radius 1 is 1.08 bits per heavy atom. The van der Waals surface area contributed by atoms with Gasteiger partial charge in [0.2, 0.25) is 5.91 Å². The number of fused-ring (bicyclic) bond motifs is 1. The Morgan fingerprint density at radius 2 is 1.79 bits per heavy atom. The minimum absolute atomic E-state index is 0.138. The second-order valence-corrected chi connectivity index (χ2v) is 12.1. The molecule has 38 heavy (non-hydrogen) atoms. The summed E-state index contributed by atoms with van der Waals surface area (Å²) >= 11 is 2.78. The van der Waals surface area contributed by atoms with Gasteiger partial charge >= 0.3 is 5.97 Å². The second kappa shape index (κ2) is 12.3. The molecule has 8 nitrogen and oxygen atoms in total. The molecule has 0 spiro atoms. The summed E-state index contributed by atoms with van der Waals surface area (Å²) in [6.07, 6.45) is 3.35. The Hall–Kier alpha value is -2.85. The number of amides is 1. The minimum Gasteiger partial charge on any atom is -0.483 e. The number of thiophene rings is 1. The fourth-order valence-electron chi connectivity index (χ4n) is 4.43. The predicted molar refractivity (Wildman–Crippen MR) is 151 cm³/mol. The topological polar surface area (TPSA) is 95.3 Å². The van der Waals surface area contributed by atoms with E-state index in [2.05, 4.69) is 41.5 Å². The van der Waals surface area contributed by atoms with Crippen LogP contribution in [0.4, 0.5) is 5.00 Å². The largest absolute Gasteiger partial charge is 0.483 e. The number of aromatic nitrogens is 3. The van der Waals surface area contributed by atoms with Crippen molar-refractivity contribution in [1.82, 2.24) is 14.8 Å². The zero-order valence-corrected chi connectivity index (χ0v) is 24.5. The molecular formula is C28H36N4O4S2. The number of hydrogen-bond acceptors (Lipinski definition) is 8. The van der Waals surface area contributed by atoms with Crippen molar-refractivity contribution in [3.8, 4) is 5.75 Å². The lowest BCUT2D eigenvalue weighted by Crippen LogP contribution is -2.19. The fraction of sp³-hybridized carbons (Fsp3) is 0.500. The summed E-state index contributed by atoms with van der Waals surface area (Å²) in [6, 6.07) is 8.08. The summed E-state index contributed by atoms with van der Waals surface area (Å²) < 4.78 is 13.4. The van der Waals surface area contributed by atoms with Crippen molar-refractivity contribution in [1.29, 1.82) is 0 Å². The molecule has 1 aliphatic carbocycles. The quantitative estimate of drug-likeness (QED) is 0.231. The molecule has 1 atom stereocenters. The molecule has 4 rings (SSSR count). The number of aryl methyl sites for hydroxylation is 1. The van der Waals surface area contributed by atoms with E-state index in [9.17, 15) is 9.59 Å². The standard InChI is InChI=1S/C28H36N4O4S2/c1-16(2)19-11-13-20(14-12-19)36-18(5)25-30-31-28(32(25)6)37-15-23(33)29-26-24(27(34)35-17(3)4)21-9-7-8-10-22(21)38-26/h11-14,16-18H,7-10,15H2,1-6H3,(H,29,33). The van der Waals surface area contributed by atoms with E-state index >= 15 is 0 Å². The number of rotatable bonds is 10. The van der Waals surface area contributed by atoms with Crippen molar-refractivity contribution in [3.05, 3.63) is 51.7 Å². The van der Waals surface area contributed by atoms with Crippen LogP contribution in [0, 0.1) is 0 Å². The Morgan fingerprint density at radius 3 is 2.47 bits per heavy atom. The number of ether oxygens (including phenoxy) is 2. The lowest BCUT2D eigenvalue weighted by Gasteiger charge is -2.15. The highest BCUT2D eigenvalue weighted by Gasteiger charge is 2.28. The zero-order valence-electron chi connectivity index (χ0n) is 22.9. The van der Waals surface area contributed by atoms with Crippen molar-refractivity contribution in [2.75, 3.05) is 11.1 Å². The SMILES string of the molecule is CC(C)OC(=O)c1c(NC(=O)CSc2nnc(C(C)Oc3ccc(C(C)C)cc3)n2C)sc2c1CCCC2. The molecule has 1 unspecified atom stereocenters. The van der Waals surface area contributed by atoms with E-state index in [1.165, 1.54) is 33.5 Å². The van der Waals surface area contributed by atoms with Crippen molar-refractivity contribution >= 4 is 40.0 Å². The van der Waals surface area contributed by atoms with Crippen LogP contribution in [0.25, 0.3) is 0 Å². The number of carbonyl (C=O) groups excluding carboxylic acids is 2. The molecule has 2 aromatic heterocycles. The summed E-state index contributed by atoms with van der Waals surface area (Å²) in [7, 11) is 1.87. The molecule has 1 amide bonds. The van der Waals surface area contributed by atoms with E-state index in [1.54, 1.807) is 0 Å². The summed E-state index contributed by atoms with van der Waals surface area (Å²) in [4.78, 5) is 26.9. The first-order valence-corrected chi connectivity index (χ1v) is 14.9. The van der Waals surface area contributed by atoms with Crippen LogP contribution in [0.3, 0.4) is 0 Å². The molecule has 1 aliphatic rings. The van der Waals surface area contributed by atoms with E-state index in [-0.39, 0.29) is 29.8 Å². The van der Waals surface area contributed by atoms with Crippen molar-refractivity contribution < 1.29 is 19.1 Å². The average molecular weight is 557 g/mol. The van der Waals surface area contributed by atoms with Crippen LogP contribution >= 0.6 is 23.1 Å². The predicted octanol–water partition coefficient (Wildman–Crippen LogP) is 6.31. The number of thioether (sulfide) groups is 1. The van der Waals surface area contributed by atoms with Gasteiger partial charge in [-0.15, -0.1) is 21.5 Å². The first-order chi connectivity index (χ1) is 18.1. The second-order valence-electron chi connectivity index (χ2n) is 10.1. The van der Waals surface area contributed by atoms with Crippen molar-refractivity contribution in [3.63, 3.8) is 0 Å². The molecule has 0 aliphatic heterocycles. The lowest BCUT2D eigenvalue weighted by atomic mass is 9.95. The highest BCUT2D eigenvalue weighted by atomic mass is 32.2. The monoisotopic (exact) mass is 556 g/mol. The van der Waals surface area contributed by atoms with Gasteiger partial charge in [0.1, 0.15) is 10.8 Å². The lowest BCUT2D eigenvalue weighted by molar-refractivity contribution is -0.113. The number of benzene rings is 1. The van der Waals surface area contributed by atoms with Crippen LogP contribution in [0.15, 0.2) is 29.4 Å². The first-order valence-electron chi connectivity index (χ1n) is 13.1. The highest BCUT2D eigenvalue weighted by molar-refractivity contribution is 7.99. The molecule has 2 heterocycles. The Balaban J connectivity index is 1.39. The molecular weight excluding hydrogens is 520 g/mol. The van der Waals surface area contributed by atoms with E-state index in [0.29, 0.717) is 27.5 Å². The van der Waals surface area contributed by atoms with E-state index in [0.717, 1.165) is 37.0 Å². The van der Waals surface area contributed by atoms with Gasteiger partial charge in [-0.05, 0) is 75.6 Å². The Labute approximate surface area is 232 Å². The van der Waals surface area contributed by atoms with Crippen LogP contribution in [-0.2, 0) is 29.4 Å². The number of carbonyl (C=O) groups is 2. The maximum atomic E-state index is 12.9. The zero-order chi connectivity index (χ0) is 27.4. The van der Waals surface area contributed by atoms with Crippen LogP contribution in [0.2, 0.25) is 0 Å². The maximum absolute atomic E-state index is 12.9. The molecule has 1 N–H and O–H groups in total. The maximum Gasteiger partial charge on any atom is 0.341 e. The summed E-state index contributed by atoms with van der Waals surface area (Å²) in [5, 5.41) is 12.7. The number of esters is 1. The van der Waals surface area contributed by atoms with Gasteiger partial charge in [-0.25, -0.2) is 4.79 Å². The molecule has 10 heteroatoms. The molecule has 3 aromatic rings. The van der Waals surface area contributed by atoms with Gasteiger partial charge in [-0.2, -0.15) is 0 Å². The third kappa shape index (κ3) is 6.58. The number of hydrogen-bond donors (Lipinski definition) is 1. The minimum atomic E-state index is -0.367. The number of nitrogens with one attached hydrogen (secondary N) is 1. The normalized spacial score (nSPS) is 13.9. The van der Waals surface area contributed by atoms with E-state index in [4.69, 9.17) is 9.47 Å². The van der Waals surface area contributed by atoms with Gasteiger partial charge in [0, 0.05) is 11.9 Å². The van der Waals surface area contributed by atoms with Gasteiger partial charge in [0.05, 0.1) is 17.4 Å². The average Bonchev–Trinajstić information content (AvgIpc) is 3.42. The molecule has 1 aromatic carbocycles. The van der Waals surface area contributed by atoms with Crippen LogP contribution in [0.1, 0.15) is 91.7 Å². The van der Waals surface area contributed by atoms with Gasteiger partial charge in [-0.1, -0.05) is 37.7 Å². The van der Waals surface area contributed by atoms with Gasteiger partial charge in [0.15, 0.2) is 17.1 Å². The Kier molecular flexibility index (Phi) is 9.15. The van der Waals surface area contributed by atoms with E-state index in [1.807, 2.05) is 44.5 Å². The highest BCUT2D eigenvalue weighted by Crippen LogP contribution is 2.39. The molecule has 0 saturated heterocycles. The first kappa shape index (κ1) is 28.2. The molecule has 0 fully saturated rings. The summed E-state index contributed by atoms with van der Waals surface area (Å²) in [5.74, 6) is 1.47. The number of nitrogens with zero attached hydrogens (tertiary/aromatic N) is 3. The van der Waals surface area contributed by atoms with Crippen LogP contribution < -0.4 is 10.1 Å². The molecule has 204 valence electrons. The van der Waals surface area contributed by atoms with Gasteiger partial charge in [-0.3, -0.25) is 4.79 Å². The van der Waals surface area contributed by atoms with Crippen molar-refractivity contribution in [2.45, 2.75) is 83.6 Å². The fourth-order valence-corrected chi connectivity index (χ4v) is 6.44. The molecule has 0 bridgehead atoms. The van der Waals surface area contributed by atoms with Gasteiger partial charge in [0.25, 0.3) is 0 Å². The van der Waals surface area contributed by atoms with Crippen molar-refractivity contribution in [2.24, 2.45) is 7.05 Å². The molecule has 0 radical (unpaired) electrons. The number of anilines is 1. The summed E-state index contributed by atoms with van der Waals surface area (Å²) in [6.45, 7) is 9.90. The summed E-state index contributed by atoms with van der Waals surface area (Å²) in [5.41, 5.74) is 2.80. The van der Waals surface area contributed by atoms with Crippen LogP contribution in [-0.4, -0.2) is 38.5 Å². The molecule has 0 saturated carbocycles. The van der Waals surface area contributed by atoms with Gasteiger partial charge < -0.3 is 19.4 Å².